The van der Waals surface area contributed by atoms with Gasteiger partial charge in [0.15, 0.2) is 18.9 Å². The number of hydrogen-bond donors (Lipinski definition) is 0. The fourth-order valence-electron chi connectivity index (χ4n) is 6.53. The maximum atomic E-state index is 13.3. The number of hydrogen-bond acceptors (Lipinski definition) is 7. The zero-order chi connectivity index (χ0) is 30.8. The monoisotopic (exact) mass is 624 g/mol. The van der Waals surface area contributed by atoms with Gasteiger partial charge in [-0.15, -0.1) is 6.58 Å². The first-order valence-corrected chi connectivity index (χ1v) is 16.3. The minimum Gasteiger partial charge on any atom is -0.491 e. The number of allylic oxidation sites excluding steroid dienone is 1. The van der Waals surface area contributed by atoms with E-state index in [9.17, 15) is 13.2 Å². The molecule has 3 unspecified atom stereocenters. The normalized spacial score (nSPS) is 32.5. The van der Waals surface area contributed by atoms with E-state index in [-0.39, 0.29) is 49.0 Å². The lowest BCUT2D eigenvalue weighted by Crippen LogP contribution is -2.32. The second kappa shape index (κ2) is 16.6. The Labute approximate surface area is 259 Å². The molecule has 4 aliphatic rings. The van der Waals surface area contributed by atoms with Gasteiger partial charge < -0.3 is 33.2 Å². The highest BCUT2D eigenvalue weighted by Gasteiger charge is 2.45. The van der Waals surface area contributed by atoms with Crippen molar-refractivity contribution in [2.75, 3.05) is 26.4 Å². The Bertz CT molecular complexity index is 1030. The van der Waals surface area contributed by atoms with Gasteiger partial charge in [0.25, 0.3) is 0 Å². The Morgan fingerprint density at radius 2 is 1.50 bits per heavy atom. The molecule has 8 atom stereocenters. The van der Waals surface area contributed by atoms with Gasteiger partial charge in [0, 0.05) is 32.2 Å². The van der Waals surface area contributed by atoms with Crippen LogP contribution in [-0.2, 0) is 34.6 Å². The van der Waals surface area contributed by atoms with Crippen LogP contribution in [-0.4, -0.2) is 63.6 Å². The second-order valence-electron chi connectivity index (χ2n) is 12.1. The molecule has 0 spiro atoms. The molecular weight excluding hydrogens is 577 g/mol. The summed E-state index contributed by atoms with van der Waals surface area (Å²) in [6, 6.07) is 4.91. The molecule has 44 heavy (non-hydrogen) atoms. The summed E-state index contributed by atoms with van der Waals surface area (Å²) < 4.78 is 82.9. The number of alkyl halides is 3. The van der Waals surface area contributed by atoms with Crippen LogP contribution in [0.5, 0.6) is 5.75 Å². The largest absolute Gasteiger partial charge is 0.491 e. The molecule has 1 aromatic rings. The molecule has 5 rings (SSSR count). The molecule has 0 aromatic heterocycles. The highest BCUT2D eigenvalue weighted by atomic mass is 19.4. The van der Waals surface area contributed by atoms with Gasteiger partial charge in [-0.1, -0.05) is 24.3 Å². The minimum absolute atomic E-state index is 0.0287. The highest BCUT2D eigenvalue weighted by Crippen LogP contribution is 2.42. The van der Waals surface area contributed by atoms with E-state index >= 15 is 0 Å². The van der Waals surface area contributed by atoms with E-state index in [4.69, 9.17) is 33.2 Å². The number of rotatable bonds is 13. The van der Waals surface area contributed by atoms with E-state index in [0.717, 1.165) is 76.3 Å². The lowest BCUT2D eigenvalue weighted by Gasteiger charge is -2.30. The maximum Gasteiger partial charge on any atom is 0.416 e. The van der Waals surface area contributed by atoms with Gasteiger partial charge in [-0.3, -0.25) is 0 Å². The van der Waals surface area contributed by atoms with Crippen molar-refractivity contribution in [1.29, 1.82) is 0 Å². The van der Waals surface area contributed by atoms with Crippen molar-refractivity contribution in [1.82, 2.24) is 0 Å². The summed E-state index contributed by atoms with van der Waals surface area (Å²) in [5, 5.41) is 0. The van der Waals surface area contributed by atoms with Crippen molar-refractivity contribution in [2.45, 2.75) is 114 Å². The fourth-order valence-corrected chi connectivity index (χ4v) is 6.53. The van der Waals surface area contributed by atoms with Crippen molar-refractivity contribution in [2.24, 2.45) is 11.8 Å². The third kappa shape index (κ3) is 9.77. The standard InChI is InChI=1S/C34H47F3O7/c1-2-10-27-28(30(44-33-15-5-8-20-40-33)22-29(27)43-32-14-4-7-19-39-32)17-16-26(42-31-13-3-6-18-38-31)23-41-25-12-9-11-24(21-25)34(35,36)37/h2,9,11-12,16-17,21,26-33H,1,3-8,10,13-15,18-20,22-23H2/t26-,27-,28-,29+,30-,31?,32?,33?/m1/s1. The summed E-state index contributed by atoms with van der Waals surface area (Å²) in [5.41, 5.74) is -0.755. The molecule has 3 heterocycles. The third-order valence-corrected chi connectivity index (χ3v) is 8.82. The van der Waals surface area contributed by atoms with Crippen LogP contribution in [0.2, 0.25) is 0 Å². The van der Waals surface area contributed by atoms with E-state index in [1.165, 1.54) is 12.1 Å². The SMILES string of the molecule is C=CC[C@@H]1[C@@H](C=C[C@H](COc2cccc(C(F)(F)F)c2)OC2CCCCO2)[C@H](OC2CCCCO2)C[C@@H]1OC1CCCCO1. The Hall–Kier alpha value is -1.95. The molecule has 0 bridgehead atoms. The molecule has 4 fully saturated rings. The van der Waals surface area contributed by atoms with E-state index in [1.54, 1.807) is 0 Å². The Morgan fingerprint density at radius 3 is 2.09 bits per heavy atom. The van der Waals surface area contributed by atoms with Crippen LogP contribution in [0.4, 0.5) is 13.2 Å². The van der Waals surface area contributed by atoms with Gasteiger partial charge in [-0.2, -0.15) is 13.2 Å². The Kier molecular flexibility index (Phi) is 12.6. The molecule has 1 saturated carbocycles. The molecule has 246 valence electrons. The predicted molar refractivity (Wildman–Crippen MR) is 158 cm³/mol. The molecule has 10 heteroatoms. The average molecular weight is 625 g/mol. The lowest BCUT2D eigenvalue weighted by molar-refractivity contribution is -0.203. The fraction of sp³-hybridized carbons (Fsp3) is 0.706. The average Bonchev–Trinajstić information content (AvgIpc) is 3.34. The smallest absolute Gasteiger partial charge is 0.416 e. The van der Waals surface area contributed by atoms with Gasteiger partial charge >= 0.3 is 6.18 Å². The zero-order valence-corrected chi connectivity index (χ0v) is 25.5. The van der Waals surface area contributed by atoms with Crippen molar-refractivity contribution in [3.8, 4) is 5.75 Å². The van der Waals surface area contributed by atoms with Crippen molar-refractivity contribution < 1.29 is 46.3 Å². The van der Waals surface area contributed by atoms with Gasteiger partial charge in [0.1, 0.15) is 18.5 Å². The molecule has 1 aromatic carbocycles. The summed E-state index contributed by atoms with van der Waals surface area (Å²) in [5.74, 6) is 0.200. The van der Waals surface area contributed by atoms with Crippen molar-refractivity contribution in [3.63, 3.8) is 0 Å². The quantitative estimate of drug-likeness (QED) is 0.210. The zero-order valence-electron chi connectivity index (χ0n) is 25.5. The first kappa shape index (κ1) is 33.4. The maximum absolute atomic E-state index is 13.3. The van der Waals surface area contributed by atoms with Gasteiger partial charge in [0.05, 0.1) is 17.8 Å². The molecule has 3 aliphatic heterocycles. The molecule has 3 saturated heterocycles. The number of benzene rings is 1. The molecular formula is C34H47F3O7. The van der Waals surface area contributed by atoms with Crippen LogP contribution < -0.4 is 4.74 Å². The number of halogens is 3. The summed E-state index contributed by atoms with van der Waals surface area (Å²) >= 11 is 0. The van der Waals surface area contributed by atoms with E-state index < -0.39 is 24.1 Å². The van der Waals surface area contributed by atoms with Crippen LogP contribution in [0, 0.1) is 11.8 Å². The predicted octanol–water partition coefficient (Wildman–Crippen LogP) is 7.59. The summed E-state index contributed by atoms with van der Waals surface area (Å²) in [6.07, 6.45) is 9.94. The Morgan fingerprint density at radius 1 is 0.864 bits per heavy atom. The second-order valence-corrected chi connectivity index (χ2v) is 12.1. The molecule has 0 amide bonds. The third-order valence-electron chi connectivity index (χ3n) is 8.82. The summed E-state index contributed by atoms with van der Waals surface area (Å²) in [7, 11) is 0. The summed E-state index contributed by atoms with van der Waals surface area (Å²) in [6.45, 7) is 6.06. The topological polar surface area (TPSA) is 64.6 Å². The van der Waals surface area contributed by atoms with Crippen LogP contribution in [0.25, 0.3) is 0 Å². The van der Waals surface area contributed by atoms with Crippen LogP contribution in [0.3, 0.4) is 0 Å². The first-order chi connectivity index (χ1) is 21.4. The first-order valence-electron chi connectivity index (χ1n) is 16.3. The van der Waals surface area contributed by atoms with E-state index in [0.29, 0.717) is 26.2 Å². The number of ether oxygens (including phenoxy) is 7. The van der Waals surface area contributed by atoms with Crippen molar-refractivity contribution in [3.05, 3.63) is 54.6 Å². The van der Waals surface area contributed by atoms with E-state index in [1.807, 2.05) is 12.2 Å². The van der Waals surface area contributed by atoms with Crippen LogP contribution in [0.1, 0.15) is 76.2 Å². The van der Waals surface area contributed by atoms with E-state index in [2.05, 4.69) is 12.7 Å². The van der Waals surface area contributed by atoms with Gasteiger partial charge in [-0.05, 0) is 88.3 Å². The van der Waals surface area contributed by atoms with Gasteiger partial charge in [-0.25, -0.2) is 0 Å². The molecule has 1 aliphatic carbocycles. The highest BCUT2D eigenvalue weighted by molar-refractivity contribution is 5.30. The Balaban J connectivity index is 1.34. The minimum atomic E-state index is -4.45. The molecule has 7 nitrogen and oxygen atoms in total. The summed E-state index contributed by atoms with van der Waals surface area (Å²) in [4.78, 5) is 0. The molecule has 0 radical (unpaired) electrons. The van der Waals surface area contributed by atoms with Crippen molar-refractivity contribution >= 4 is 0 Å². The lowest BCUT2D eigenvalue weighted by atomic mass is 9.89. The van der Waals surface area contributed by atoms with Crippen LogP contribution >= 0.6 is 0 Å². The van der Waals surface area contributed by atoms with Crippen LogP contribution in [0.15, 0.2) is 49.1 Å². The van der Waals surface area contributed by atoms with Gasteiger partial charge in [0.2, 0.25) is 0 Å². The molecule has 0 N–H and O–H groups in total.